The summed E-state index contributed by atoms with van der Waals surface area (Å²) in [5, 5.41) is 2.26. The van der Waals surface area contributed by atoms with Crippen LogP contribution < -0.4 is 11.3 Å². The molecule has 18 heavy (non-hydrogen) atoms. The predicted molar refractivity (Wildman–Crippen MR) is 77.7 cm³/mol. The first-order valence-corrected chi connectivity index (χ1v) is 8.29. The summed E-state index contributed by atoms with van der Waals surface area (Å²) >= 11 is 1.93. The van der Waals surface area contributed by atoms with Crippen molar-refractivity contribution in [2.45, 2.75) is 63.3 Å². The standard InChI is InChI=1S/C15H24N2S/c16-17-14(10-11-4-1-2-5-11)12-6-3-7-15-13(12)8-9-18-15/h8-9,11-12,14,17H,1-7,10,16H2. The predicted octanol–water partition coefficient (Wildman–Crippen LogP) is 3.58. The first-order chi connectivity index (χ1) is 8.88. The van der Waals surface area contributed by atoms with Gasteiger partial charge >= 0.3 is 0 Å². The highest BCUT2D eigenvalue weighted by molar-refractivity contribution is 7.10. The average Bonchev–Trinajstić information content (AvgIpc) is 3.06. The molecule has 0 aromatic carbocycles. The van der Waals surface area contributed by atoms with Gasteiger partial charge in [-0.05, 0) is 48.6 Å². The molecule has 0 saturated heterocycles. The minimum Gasteiger partial charge on any atom is -0.271 e. The Bertz CT molecular complexity index is 382. The molecule has 0 radical (unpaired) electrons. The minimum absolute atomic E-state index is 0.488. The first-order valence-electron chi connectivity index (χ1n) is 7.41. The van der Waals surface area contributed by atoms with Gasteiger partial charge in [-0.1, -0.05) is 25.7 Å². The molecule has 1 aromatic heterocycles. The minimum atomic E-state index is 0.488. The van der Waals surface area contributed by atoms with Crippen LogP contribution in [0.15, 0.2) is 11.4 Å². The molecule has 2 aliphatic carbocycles. The third-order valence-corrected chi connectivity index (χ3v) is 5.86. The summed E-state index contributed by atoms with van der Waals surface area (Å²) in [6, 6.07) is 2.82. The van der Waals surface area contributed by atoms with Crippen molar-refractivity contribution in [1.29, 1.82) is 0 Å². The molecule has 3 rings (SSSR count). The molecule has 3 N–H and O–H groups in total. The summed E-state index contributed by atoms with van der Waals surface area (Å²) in [5.74, 6) is 7.43. The lowest BCUT2D eigenvalue weighted by atomic mass is 9.79. The van der Waals surface area contributed by atoms with E-state index in [0.29, 0.717) is 12.0 Å². The van der Waals surface area contributed by atoms with Crippen molar-refractivity contribution in [3.63, 3.8) is 0 Å². The van der Waals surface area contributed by atoms with Gasteiger partial charge in [0.25, 0.3) is 0 Å². The van der Waals surface area contributed by atoms with Crippen LogP contribution in [0.2, 0.25) is 0 Å². The van der Waals surface area contributed by atoms with Gasteiger partial charge in [-0.3, -0.25) is 11.3 Å². The van der Waals surface area contributed by atoms with E-state index in [1.807, 2.05) is 11.3 Å². The molecule has 0 amide bonds. The van der Waals surface area contributed by atoms with Crippen molar-refractivity contribution in [3.8, 4) is 0 Å². The lowest BCUT2D eigenvalue weighted by molar-refractivity contribution is 0.326. The number of hydrazine groups is 1. The van der Waals surface area contributed by atoms with E-state index >= 15 is 0 Å². The summed E-state index contributed by atoms with van der Waals surface area (Å²) in [5.41, 5.74) is 4.72. The Hall–Kier alpha value is -0.380. The van der Waals surface area contributed by atoms with Crippen LogP contribution in [0, 0.1) is 5.92 Å². The molecule has 2 nitrogen and oxygen atoms in total. The van der Waals surface area contributed by atoms with Crippen LogP contribution >= 0.6 is 11.3 Å². The van der Waals surface area contributed by atoms with Gasteiger partial charge in [0, 0.05) is 16.8 Å². The maximum atomic E-state index is 5.86. The third-order valence-electron chi connectivity index (χ3n) is 4.86. The zero-order valence-corrected chi connectivity index (χ0v) is 11.8. The maximum Gasteiger partial charge on any atom is 0.0282 e. The average molecular weight is 264 g/mol. The van der Waals surface area contributed by atoms with Gasteiger partial charge in [-0.15, -0.1) is 11.3 Å². The molecule has 2 atom stereocenters. The number of aryl methyl sites for hydroxylation is 1. The van der Waals surface area contributed by atoms with E-state index in [1.54, 1.807) is 10.4 Å². The van der Waals surface area contributed by atoms with Gasteiger partial charge in [0.2, 0.25) is 0 Å². The zero-order valence-electron chi connectivity index (χ0n) is 11.0. The smallest absolute Gasteiger partial charge is 0.0282 e. The van der Waals surface area contributed by atoms with Crippen molar-refractivity contribution < 1.29 is 0 Å². The molecular formula is C15H24N2S. The van der Waals surface area contributed by atoms with Gasteiger partial charge < -0.3 is 0 Å². The highest BCUT2D eigenvalue weighted by Crippen LogP contribution is 2.40. The van der Waals surface area contributed by atoms with E-state index in [-0.39, 0.29) is 0 Å². The zero-order chi connectivity index (χ0) is 12.4. The van der Waals surface area contributed by atoms with Crippen LogP contribution in [0.5, 0.6) is 0 Å². The number of hydrogen-bond acceptors (Lipinski definition) is 3. The Labute approximate surface area is 114 Å². The van der Waals surface area contributed by atoms with Crippen LogP contribution in [-0.4, -0.2) is 6.04 Å². The van der Waals surface area contributed by atoms with Gasteiger partial charge in [-0.25, -0.2) is 0 Å². The Morgan fingerprint density at radius 2 is 2.11 bits per heavy atom. The number of nitrogens with two attached hydrogens (primary N) is 1. The fourth-order valence-corrected chi connectivity index (χ4v) is 4.89. The third kappa shape index (κ3) is 2.49. The molecule has 0 bridgehead atoms. The Kier molecular flexibility index (Phi) is 4.02. The van der Waals surface area contributed by atoms with E-state index < -0.39 is 0 Å². The van der Waals surface area contributed by atoms with Crippen molar-refractivity contribution in [2.75, 3.05) is 0 Å². The molecule has 100 valence electrons. The van der Waals surface area contributed by atoms with Gasteiger partial charge in [-0.2, -0.15) is 0 Å². The molecule has 1 aromatic rings. The summed E-state index contributed by atoms with van der Waals surface area (Å²) < 4.78 is 0. The molecule has 1 saturated carbocycles. The second kappa shape index (κ2) is 5.72. The number of hydrogen-bond donors (Lipinski definition) is 2. The normalized spacial score (nSPS) is 26.2. The molecule has 1 heterocycles. The number of fused-ring (bicyclic) bond motifs is 1. The summed E-state index contributed by atoms with van der Waals surface area (Å²) in [6.07, 6.45) is 10.9. The first kappa shape index (κ1) is 12.6. The number of thiophene rings is 1. The van der Waals surface area contributed by atoms with Gasteiger partial charge in [0.1, 0.15) is 0 Å². The fourth-order valence-electron chi connectivity index (χ4n) is 3.89. The lowest BCUT2D eigenvalue weighted by Crippen LogP contribution is -2.41. The highest BCUT2D eigenvalue weighted by Gasteiger charge is 2.30. The Morgan fingerprint density at radius 1 is 1.28 bits per heavy atom. The highest BCUT2D eigenvalue weighted by atomic mass is 32.1. The van der Waals surface area contributed by atoms with Crippen LogP contribution in [0.4, 0.5) is 0 Å². The second-order valence-corrected chi connectivity index (χ2v) is 6.96. The van der Waals surface area contributed by atoms with E-state index in [0.717, 1.165) is 5.92 Å². The lowest BCUT2D eigenvalue weighted by Gasteiger charge is -2.32. The summed E-state index contributed by atoms with van der Waals surface area (Å²) in [6.45, 7) is 0. The molecule has 3 heteroatoms. The van der Waals surface area contributed by atoms with E-state index in [2.05, 4.69) is 16.9 Å². The largest absolute Gasteiger partial charge is 0.271 e. The van der Waals surface area contributed by atoms with Crippen molar-refractivity contribution >= 4 is 11.3 Å². The fraction of sp³-hybridized carbons (Fsp3) is 0.733. The molecule has 2 unspecified atom stereocenters. The second-order valence-electron chi connectivity index (χ2n) is 5.96. The van der Waals surface area contributed by atoms with Crippen LogP contribution in [0.25, 0.3) is 0 Å². The van der Waals surface area contributed by atoms with Gasteiger partial charge in [0.15, 0.2) is 0 Å². The van der Waals surface area contributed by atoms with Crippen LogP contribution in [-0.2, 0) is 6.42 Å². The quantitative estimate of drug-likeness (QED) is 0.644. The van der Waals surface area contributed by atoms with E-state index in [9.17, 15) is 0 Å². The number of nitrogens with one attached hydrogen (secondary N) is 1. The van der Waals surface area contributed by atoms with Gasteiger partial charge in [0.05, 0.1) is 0 Å². The molecule has 0 aliphatic heterocycles. The SMILES string of the molecule is NNC(CC1CCCC1)C1CCCc2sccc21. The molecule has 2 aliphatic rings. The number of rotatable bonds is 4. The van der Waals surface area contributed by atoms with Crippen molar-refractivity contribution in [3.05, 3.63) is 21.9 Å². The molecule has 0 spiro atoms. The molecular weight excluding hydrogens is 240 g/mol. The summed E-state index contributed by atoms with van der Waals surface area (Å²) in [4.78, 5) is 1.61. The Balaban J connectivity index is 1.72. The van der Waals surface area contributed by atoms with E-state index in [1.165, 1.54) is 51.4 Å². The molecule has 1 fully saturated rings. The van der Waals surface area contributed by atoms with Crippen molar-refractivity contribution in [2.24, 2.45) is 11.8 Å². The summed E-state index contributed by atoms with van der Waals surface area (Å²) in [7, 11) is 0. The topological polar surface area (TPSA) is 38.0 Å². The maximum absolute atomic E-state index is 5.86. The van der Waals surface area contributed by atoms with E-state index in [4.69, 9.17) is 5.84 Å². The van der Waals surface area contributed by atoms with Crippen molar-refractivity contribution in [1.82, 2.24) is 5.43 Å². The monoisotopic (exact) mass is 264 g/mol. The van der Waals surface area contributed by atoms with Crippen LogP contribution in [0.1, 0.15) is 61.3 Å². The Morgan fingerprint density at radius 3 is 2.89 bits per heavy atom. The van der Waals surface area contributed by atoms with Crippen LogP contribution in [0.3, 0.4) is 0 Å².